The van der Waals surface area contributed by atoms with Crippen LogP contribution in [0.4, 0.5) is 0 Å². The second kappa shape index (κ2) is 4.21. The minimum absolute atomic E-state index is 0.102. The number of rotatable bonds is 2. The maximum Gasteiger partial charge on any atom is 0.125 e. The lowest BCUT2D eigenvalue weighted by Crippen LogP contribution is -1.93. The fourth-order valence-electron chi connectivity index (χ4n) is 1.79. The number of aliphatic hydroxyl groups excluding tert-OH is 1. The van der Waals surface area contributed by atoms with Gasteiger partial charge in [-0.1, -0.05) is 12.1 Å². The van der Waals surface area contributed by atoms with Crippen molar-refractivity contribution in [3.05, 3.63) is 41.5 Å². The summed E-state index contributed by atoms with van der Waals surface area (Å²) in [5.41, 5.74) is 1.30. The summed E-state index contributed by atoms with van der Waals surface area (Å²) >= 11 is 0. The lowest BCUT2D eigenvalue weighted by Gasteiger charge is -2.09. The summed E-state index contributed by atoms with van der Waals surface area (Å²) in [5.74, 6) is 0.644. The number of nitrogens with zero attached hydrogens (tertiary/aromatic N) is 1. The van der Waals surface area contributed by atoms with E-state index in [2.05, 4.69) is 6.07 Å². The Bertz CT molecular complexity index is 570. The van der Waals surface area contributed by atoms with Crippen molar-refractivity contribution in [1.29, 1.82) is 5.26 Å². The normalized spacial score (nSPS) is 10.1. The van der Waals surface area contributed by atoms with E-state index in [1.165, 1.54) is 0 Å². The fraction of sp³-hybridized carbons (Fsp3) is 0.154. The van der Waals surface area contributed by atoms with Crippen molar-refractivity contribution in [2.24, 2.45) is 0 Å². The lowest BCUT2D eigenvalue weighted by atomic mass is 10.0. The van der Waals surface area contributed by atoms with Crippen LogP contribution in [-0.2, 0) is 6.61 Å². The highest BCUT2D eigenvalue weighted by atomic mass is 16.5. The Kier molecular flexibility index (Phi) is 2.76. The maximum atomic E-state index is 9.35. The van der Waals surface area contributed by atoms with Crippen LogP contribution in [0.5, 0.6) is 5.75 Å². The highest BCUT2D eigenvalue weighted by molar-refractivity contribution is 5.88. The van der Waals surface area contributed by atoms with Crippen molar-refractivity contribution < 1.29 is 9.84 Å². The van der Waals surface area contributed by atoms with Crippen LogP contribution in [0.2, 0.25) is 0 Å². The largest absolute Gasteiger partial charge is 0.496 e. The Hall–Kier alpha value is -2.05. The van der Waals surface area contributed by atoms with E-state index >= 15 is 0 Å². The van der Waals surface area contributed by atoms with Gasteiger partial charge in [0.1, 0.15) is 5.75 Å². The Morgan fingerprint density at radius 2 is 2.06 bits per heavy atom. The summed E-state index contributed by atoms with van der Waals surface area (Å²) in [4.78, 5) is 0. The average Bonchev–Trinajstić information content (AvgIpc) is 2.36. The molecule has 0 spiro atoms. The Morgan fingerprint density at radius 3 is 2.69 bits per heavy atom. The number of hydrogen-bond acceptors (Lipinski definition) is 3. The van der Waals surface area contributed by atoms with Crippen LogP contribution in [-0.4, -0.2) is 12.2 Å². The lowest BCUT2D eigenvalue weighted by molar-refractivity contribution is 0.275. The average molecular weight is 213 g/mol. The highest BCUT2D eigenvalue weighted by Crippen LogP contribution is 2.28. The van der Waals surface area contributed by atoms with E-state index in [9.17, 15) is 5.11 Å². The Balaban J connectivity index is 2.79. The first-order valence-corrected chi connectivity index (χ1v) is 4.90. The summed E-state index contributed by atoms with van der Waals surface area (Å²) in [6.45, 7) is -0.102. The van der Waals surface area contributed by atoms with Gasteiger partial charge in [-0.15, -0.1) is 0 Å². The monoisotopic (exact) mass is 213 g/mol. The van der Waals surface area contributed by atoms with Gasteiger partial charge in [0.25, 0.3) is 0 Å². The third-order valence-corrected chi connectivity index (χ3v) is 2.60. The molecule has 16 heavy (non-hydrogen) atoms. The van der Waals surface area contributed by atoms with E-state index < -0.39 is 0 Å². The van der Waals surface area contributed by atoms with Gasteiger partial charge in [0, 0.05) is 5.56 Å². The van der Waals surface area contributed by atoms with Crippen LogP contribution in [0.25, 0.3) is 10.8 Å². The van der Waals surface area contributed by atoms with Gasteiger partial charge in [0.05, 0.1) is 25.3 Å². The first-order chi connectivity index (χ1) is 7.80. The molecule has 0 radical (unpaired) electrons. The molecule has 1 N–H and O–H groups in total. The number of aliphatic hydroxyl groups is 1. The second-order valence-electron chi connectivity index (χ2n) is 3.45. The zero-order valence-corrected chi connectivity index (χ0v) is 8.90. The second-order valence-corrected chi connectivity index (χ2v) is 3.45. The molecule has 0 aromatic heterocycles. The Morgan fingerprint density at radius 1 is 1.31 bits per heavy atom. The molecule has 0 aliphatic carbocycles. The predicted molar refractivity (Wildman–Crippen MR) is 61.1 cm³/mol. The SMILES string of the molecule is COc1ccc2ccc(C#N)cc2c1CO. The number of nitriles is 1. The van der Waals surface area contributed by atoms with E-state index in [1.54, 1.807) is 19.2 Å². The molecule has 0 amide bonds. The maximum absolute atomic E-state index is 9.35. The third-order valence-electron chi connectivity index (χ3n) is 2.60. The van der Waals surface area contributed by atoms with Gasteiger partial charge in [-0.2, -0.15) is 5.26 Å². The summed E-state index contributed by atoms with van der Waals surface area (Å²) in [6, 6.07) is 11.2. The van der Waals surface area contributed by atoms with Crippen LogP contribution < -0.4 is 4.74 Å². The molecular formula is C13H11NO2. The van der Waals surface area contributed by atoms with E-state index in [4.69, 9.17) is 10.00 Å². The summed E-state index contributed by atoms with van der Waals surface area (Å²) in [5, 5.41) is 20.0. The van der Waals surface area contributed by atoms with Crippen molar-refractivity contribution in [2.45, 2.75) is 6.61 Å². The number of fused-ring (bicyclic) bond motifs is 1. The van der Waals surface area contributed by atoms with Gasteiger partial charge in [-0.3, -0.25) is 0 Å². The summed E-state index contributed by atoms with van der Waals surface area (Å²) in [7, 11) is 1.56. The smallest absolute Gasteiger partial charge is 0.125 e. The molecule has 2 aromatic carbocycles. The molecule has 0 aliphatic rings. The molecule has 0 aliphatic heterocycles. The zero-order chi connectivity index (χ0) is 11.5. The van der Waals surface area contributed by atoms with Crippen molar-refractivity contribution in [1.82, 2.24) is 0 Å². The van der Waals surface area contributed by atoms with Crippen LogP contribution in [0, 0.1) is 11.3 Å². The minimum atomic E-state index is -0.102. The fourth-order valence-corrected chi connectivity index (χ4v) is 1.79. The number of methoxy groups -OCH3 is 1. The van der Waals surface area contributed by atoms with Gasteiger partial charge in [0.2, 0.25) is 0 Å². The number of ether oxygens (including phenoxy) is 1. The third kappa shape index (κ3) is 1.60. The molecule has 0 saturated carbocycles. The van der Waals surface area contributed by atoms with Crippen LogP contribution >= 0.6 is 0 Å². The van der Waals surface area contributed by atoms with Crippen molar-refractivity contribution in [3.8, 4) is 11.8 Å². The van der Waals surface area contributed by atoms with Crippen LogP contribution in [0.15, 0.2) is 30.3 Å². The summed E-state index contributed by atoms with van der Waals surface area (Å²) < 4.78 is 5.17. The molecule has 2 rings (SSSR count). The molecule has 0 saturated heterocycles. The van der Waals surface area contributed by atoms with Gasteiger partial charge in [-0.05, 0) is 29.0 Å². The molecular weight excluding hydrogens is 202 g/mol. The first kappa shape index (κ1) is 10.5. The van der Waals surface area contributed by atoms with Gasteiger partial charge in [-0.25, -0.2) is 0 Å². The molecule has 0 bridgehead atoms. The minimum Gasteiger partial charge on any atom is -0.496 e. The summed E-state index contributed by atoms with van der Waals surface area (Å²) in [6.07, 6.45) is 0. The molecule has 0 unspecified atom stereocenters. The van der Waals surface area contributed by atoms with Gasteiger partial charge < -0.3 is 9.84 Å². The molecule has 3 nitrogen and oxygen atoms in total. The van der Waals surface area contributed by atoms with E-state index in [-0.39, 0.29) is 6.61 Å². The number of hydrogen-bond donors (Lipinski definition) is 1. The molecule has 0 heterocycles. The predicted octanol–water partition coefficient (Wildman–Crippen LogP) is 2.21. The topological polar surface area (TPSA) is 53.2 Å². The van der Waals surface area contributed by atoms with Gasteiger partial charge >= 0.3 is 0 Å². The number of benzene rings is 2. The molecule has 80 valence electrons. The zero-order valence-electron chi connectivity index (χ0n) is 8.90. The Labute approximate surface area is 93.5 Å². The standard InChI is InChI=1S/C13H11NO2/c1-16-13-5-4-10-3-2-9(7-14)6-11(10)12(13)8-15/h2-6,15H,8H2,1H3. The molecule has 2 aromatic rings. The first-order valence-electron chi connectivity index (χ1n) is 4.90. The molecule has 0 fully saturated rings. The highest BCUT2D eigenvalue weighted by Gasteiger charge is 2.07. The van der Waals surface area contributed by atoms with Crippen LogP contribution in [0.3, 0.4) is 0 Å². The van der Waals surface area contributed by atoms with Crippen molar-refractivity contribution >= 4 is 10.8 Å². The quantitative estimate of drug-likeness (QED) is 0.832. The van der Waals surface area contributed by atoms with E-state index in [1.807, 2.05) is 18.2 Å². The van der Waals surface area contributed by atoms with Crippen molar-refractivity contribution in [3.63, 3.8) is 0 Å². The van der Waals surface area contributed by atoms with E-state index in [0.29, 0.717) is 11.3 Å². The molecule has 3 heteroatoms. The van der Waals surface area contributed by atoms with Crippen molar-refractivity contribution in [2.75, 3.05) is 7.11 Å². The molecule has 0 atom stereocenters. The van der Waals surface area contributed by atoms with Crippen LogP contribution in [0.1, 0.15) is 11.1 Å². The van der Waals surface area contributed by atoms with Gasteiger partial charge in [0.15, 0.2) is 0 Å². The van der Waals surface area contributed by atoms with E-state index in [0.717, 1.165) is 16.3 Å².